The molecule has 0 radical (unpaired) electrons. The molecular formula is C10H9Cl2N3O2. The average Bonchev–Trinajstić information content (AvgIpc) is 2.28. The van der Waals surface area contributed by atoms with E-state index >= 15 is 0 Å². The number of methoxy groups -OCH3 is 2. The number of ether oxygens (including phenoxy) is 2. The molecule has 0 saturated carbocycles. The van der Waals surface area contributed by atoms with Crippen molar-refractivity contribution < 1.29 is 9.47 Å². The topological polar surface area (TPSA) is 70.3 Å². The second-order valence-corrected chi connectivity index (χ2v) is 3.94. The molecule has 0 aliphatic heterocycles. The molecule has 17 heavy (non-hydrogen) atoms. The summed E-state index contributed by atoms with van der Waals surface area (Å²) in [7, 11) is 2.97. The van der Waals surface area contributed by atoms with Gasteiger partial charge in [-0.25, -0.2) is 9.97 Å². The standard InChI is InChI=1S/C10H9Cl2N3O2/c1-16-7-5(11)3-4-6(8(7)17-2)14-10(12)15-9(4)13/h3H,1-2H3,(H2,13,14,15). The summed E-state index contributed by atoms with van der Waals surface area (Å²) in [5.74, 6) is 1.00. The van der Waals surface area contributed by atoms with Crippen molar-refractivity contribution in [3.05, 3.63) is 16.4 Å². The molecular weight excluding hydrogens is 265 g/mol. The zero-order valence-corrected chi connectivity index (χ0v) is 10.6. The Morgan fingerprint density at radius 3 is 2.35 bits per heavy atom. The van der Waals surface area contributed by atoms with Gasteiger partial charge in [-0.1, -0.05) is 11.6 Å². The number of halogens is 2. The Hall–Kier alpha value is -1.46. The van der Waals surface area contributed by atoms with Crippen LogP contribution in [0.1, 0.15) is 0 Å². The Morgan fingerprint density at radius 1 is 1.12 bits per heavy atom. The summed E-state index contributed by atoms with van der Waals surface area (Å²) in [6.07, 6.45) is 0. The molecule has 0 spiro atoms. The molecule has 5 nitrogen and oxygen atoms in total. The summed E-state index contributed by atoms with van der Waals surface area (Å²) in [6, 6.07) is 1.61. The van der Waals surface area contributed by atoms with E-state index in [1.54, 1.807) is 6.07 Å². The SMILES string of the molecule is COc1c(Cl)cc2c(N)nc(Cl)nc2c1OC. The molecule has 0 aliphatic rings. The Labute approximate surface area is 107 Å². The molecule has 2 aromatic rings. The first-order chi connectivity index (χ1) is 8.08. The molecule has 1 aromatic carbocycles. The van der Waals surface area contributed by atoms with Crippen LogP contribution < -0.4 is 15.2 Å². The second kappa shape index (κ2) is 4.43. The van der Waals surface area contributed by atoms with Crippen LogP contribution in [0.15, 0.2) is 6.07 Å². The number of benzene rings is 1. The maximum atomic E-state index is 6.05. The van der Waals surface area contributed by atoms with Gasteiger partial charge in [0.1, 0.15) is 11.3 Å². The zero-order chi connectivity index (χ0) is 12.6. The van der Waals surface area contributed by atoms with Gasteiger partial charge in [-0.05, 0) is 17.7 Å². The smallest absolute Gasteiger partial charge is 0.225 e. The van der Waals surface area contributed by atoms with Crippen molar-refractivity contribution in [2.75, 3.05) is 20.0 Å². The fourth-order valence-corrected chi connectivity index (χ4v) is 2.01. The first-order valence-electron chi connectivity index (χ1n) is 4.61. The molecule has 0 saturated heterocycles. The Morgan fingerprint density at radius 2 is 1.76 bits per heavy atom. The monoisotopic (exact) mass is 273 g/mol. The predicted octanol–water partition coefficient (Wildman–Crippen LogP) is 2.54. The van der Waals surface area contributed by atoms with Crippen LogP contribution in [0.25, 0.3) is 10.9 Å². The lowest BCUT2D eigenvalue weighted by Gasteiger charge is -2.12. The zero-order valence-electron chi connectivity index (χ0n) is 9.12. The van der Waals surface area contributed by atoms with E-state index in [-0.39, 0.29) is 11.1 Å². The molecule has 0 unspecified atom stereocenters. The van der Waals surface area contributed by atoms with E-state index < -0.39 is 0 Å². The summed E-state index contributed by atoms with van der Waals surface area (Å²) in [5.41, 5.74) is 6.21. The van der Waals surface area contributed by atoms with Crippen molar-refractivity contribution in [3.8, 4) is 11.5 Å². The normalized spacial score (nSPS) is 10.6. The van der Waals surface area contributed by atoms with E-state index in [2.05, 4.69) is 9.97 Å². The van der Waals surface area contributed by atoms with Gasteiger partial charge < -0.3 is 15.2 Å². The van der Waals surface area contributed by atoms with Gasteiger partial charge in [-0.3, -0.25) is 0 Å². The largest absolute Gasteiger partial charge is 0.491 e. The fourth-order valence-electron chi connectivity index (χ4n) is 1.56. The third kappa shape index (κ3) is 1.92. The van der Waals surface area contributed by atoms with E-state index in [4.69, 9.17) is 38.4 Å². The van der Waals surface area contributed by atoms with Crippen molar-refractivity contribution >= 4 is 39.9 Å². The third-order valence-electron chi connectivity index (χ3n) is 2.27. The Kier molecular flexibility index (Phi) is 3.13. The van der Waals surface area contributed by atoms with Gasteiger partial charge in [0.2, 0.25) is 5.28 Å². The molecule has 2 rings (SSSR count). The molecule has 1 heterocycles. The van der Waals surface area contributed by atoms with E-state index in [1.807, 2.05) is 0 Å². The molecule has 0 atom stereocenters. The van der Waals surface area contributed by atoms with Gasteiger partial charge in [0.15, 0.2) is 11.5 Å². The van der Waals surface area contributed by atoms with Crippen molar-refractivity contribution in [2.24, 2.45) is 0 Å². The summed E-state index contributed by atoms with van der Waals surface area (Å²) in [4.78, 5) is 7.92. The van der Waals surface area contributed by atoms with Gasteiger partial charge in [0.05, 0.1) is 19.2 Å². The number of fused-ring (bicyclic) bond motifs is 1. The highest BCUT2D eigenvalue weighted by molar-refractivity contribution is 6.33. The van der Waals surface area contributed by atoms with Crippen molar-refractivity contribution in [2.45, 2.75) is 0 Å². The minimum Gasteiger partial charge on any atom is -0.491 e. The third-order valence-corrected chi connectivity index (χ3v) is 2.72. The molecule has 0 bridgehead atoms. The fraction of sp³-hybridized carbons (Fsp3) is 0.200. The van der Waals surface area contributed by atoms with Gasteiger partial charge >= 0.3 is 0 Å². The quantitative estimate of drug-likeness (QED) is 0.852. The van der Waals surface area contributed by atoms with Crippen LogP contribution in [0.4, 0.5) is 5.82 Å². The predicted molar refractivity (Wildman–Crippen MR) is 67.1 cm³/mol. The lowest BCUT2D eigenvalue weighted by Crippen LogP contribution is -1.99. The van der Waals surface area contributed by atoms with Crippen LogP contribution in [0.3, 0.4) is 0 Å². The molecule has 0 fully saturated rings. The number of nitrogens with zero attached hydrogens (tertiary/aromatic N) is 2. The molecule has 1 aromatic heterocycles. The van der Waals surface area contributed by atoms with Crippen molar-refractivity contribution in [1.29, 1.82) is 0 Å². The van der Waals surface area contributed by atoms with E-state index in [1.165, 1.54) is 14.2 Å². The van der Waals surface area contributed by atoms with Crippen molar-refractivity contribution in [1.82, 2.24) is 9.97 Å². The number of hydrogen-bond donors (Lipinski definition) is 1. The van der Waals surface area contributed by atoms with E-state index in [9.17, 15) is 0 Å². The second-order valence-electron chi connectivity index (χ2n) is 3.20. The van der Waals surface area contributed by atoms with Crippen molar-refractivity contribution in [3.63, 3.8) is 0 Å². The van der Waals surface area contributed by atoms with Crippen LogP contribution in [0.5, 0.6) is 11.5 Å². The molecule has 7 heteroatoms. The lowest BCUT2D eigenvalue weighted by atomic mass is 10.2. The molecule has 0 aliphatic carbocycles. The highest BCUT2D eigenvalue weighted by Gasteiger charge is 2.17. The Bertz CT molecular complexity index is 590. The maximum absolute atomic E-state index is 6.05. The summed E-state index contributed by atoms with van der Waals surface area (Å²) < 4.78 is 10.4. The van der Waals surface area contributed by atoms with Gasteiger partial charge in [0.25, 0.3) is 0 Å². The average molecular weight is 274 g/mol. The minimum absolute atomic E-state index is 0.0395. The van der Waals surface area contributed by atoms with Crippen LogP contribution in [0, 0.1) is 0 Å². The van der Waals surface area contributed by atoms with E-state index in [0.717, 1.165) is 0 Å². The van der Waals surface area contributed by atoms with Gasteiger partial charge in [-0.15, -0.1) is 0 Å². The van der Waals surface area contributed by atoms with Gasteiger partial charge in [0, 0.05) is 5.39 Å². The highest BCUT2D eigenvalue weighted by atomic mass is 35.5. The number of aromatic nitrogens is 2. The molecule has 90 valence electrons. The number of nitrogen functional groups attached to an aromatic ring is 1. The summed E-state index contributed by atoms with van der Waals surface area (Å²) >= 11 is 11.8. The molecule has 2 N–H and O–H groups in total. The first kappa shape index (κ1) is 12.0. The van der Waals surface area contributed by atoms with Gasteiger partial charge in [-0.2, -0.15) is 0 Å². The van der Waals surface area contributed by atoms with E-state index in [0.29, 0.717) is 27.4 Å². The summed E-state index contributed by atoms with van der Waals surface area (Å²) in [5, 5.41) is 0.976. The number of hydrogen-bond acceptors (Lipinski definition) is 5. The number of rotatable bonds is 2. The first-order valence-corrected chi connectivity index (χ1v) is 5.37. The maximum Gasteiger partial charge on any atom is 0.225 e. The summed E-state index contributed by atoms with van der Waals surface area (Å²) in [6.45, 7) is 0. The van der Waals surface area contributed by atoms with Crippen LogP contribution in [-0.4, -0.2) is 24.2 Å². The van der Waals surface area contributed by atoms with Crippen LogP contribution in [0.2, 0.25) is 10.3 Å². The number of nitrogens with two attached hydrogens (primary N) is 1. The molecule has 0 amide bonds. The minimum atomic E-state index is 0.0395. The van der Waals surface area contributed by atoms with Crippen LogP contribution >= 0.6 is 23.2 Å². The lowest BCUT2D eigenvalue weighted by molar-refractivity contribution is 0.358. The Balaban J connectivity index is 2.93. The number of anilines is 1. The highest BCUT2D eigenvalue weighted by Crippen LogP contribution is 2.41. The van der Waals surface area contributed by atoms with Crippen LogP contribution in [-0.2, 0) is 0 Å².